The average Bonchev–Trinajstić information content (AvgIpc) is 3.00. The van der Waals surface area contributed by atoms with Crippen molar-refractivity contribution in [2.24, 2.45) is 28.6 Å². The van der Waals surface area contributed by atoms with Crippen LogP contribution < -0.4 is 0 Å². The summed E-state index contributed by atoms with van der Waals surface area (Å²) < 4.78 is 0. The van der Waals surface area contributed by atoms with Gasteiger partial charge in [0.05, 0.1) is 35.1 Å². The molecule has 0 aromatic heterocycles. The Balaban J connectivity index is 1.68. The van der Waals surface area contributed by atoms with Crippen LogP contribution in [0.15, 0.2) is 11.6 Å². The number of aliphatic hydroxyl groups is 7. The van der Waals surface area contributed by atoms with Gasteiger partial charge in [0.1, 0.15) is 6.10 Å². The maximum absolute atomic E-state index is 13.3. The molecular weight excluding hydrogens is 452 g/mol. The van der Waals surface area contributed by atoms with Gasteiger partial charge >= 0.3 is 0 Å². The summed E-state index contributed by atoms with van der Waals surface area (Å²) in [5.41, 5.74) is -5.15. The molecule has 8 heteroatoms. The van der Waals surface area contributed by atoms with Crippen LogP contribution in [0.25, 0.3) is 0 Å². The van der Waals surface area contributed by atoms with Crippen molar-refractivity contribution >= 4 is 5.78 Å². The number of hydrogen-bond acceptors (Lipinski definition) is 8. The van der Waals surface area contributed by atoms with Gasteiger partial charge in [-0.2, -0.15) is 0 Å². The van der Waals surface area contributed by atoms with Crippen LogP contribution in [-0.4, -0.2) is 82.7 Å². The second kappa shape index (κ2) is 8.32. The van der Waals surface area contributed by atoms with Gasteiger partial charge in [-0.25, -0.2) is 0 Å². The van der Waals surface area contributed by atoms with E-state index in [9.17, 15) is 40.5 Å². The van der Waals surface area contributed by atoms with E-state index < -0.39 is 63.9 Å². The quantitative estimate of drug-likeness (QED) is 0.295. The molecule has 7 N–H and O–H groups in total. The number of hydrogen-bond donors (Lipinski definition) is 7. The number of carbonyl (C=O) groups excluding carboxylic acids is 1. The first-order valence-electron chi connectivity index (χ1n) is 13.0. The van der Waals surface area contributed by atoms with Crippen molar-refractivity contribution in [1.29, 1.82) is 0 Å². The van der Waals surface area contributed by atoms with Gasteiger partial charge in [-0.15, -0.1) is 0 Å². The van der Waals surface area contributed by atoms with E-state index in [0.29, 0.717) is 31.3 Å². The van der Waals surface area contributed by atoms with E-state index in [4.69, 9.17) is 0 Å². The van der Waals surface area contributed by atoms with Gasteiger partial charge in [-0.1, -0.05) is 13.8 Å². The van der Waals surface area contributed by atoms with E-state index >= 15 is 0 Å². The van der Waals surface area contributed by atoms with Gasteiger partial charge in [0.15, 0.2) is 5.78 Å². The Kier molecular flexibility index (Phi) is 6.46. The highest BCUT2D eigenvalue weighted by Gasteiger charge is 2.69. The predicted octanol–water partition coefficient (Wildman–Crippen LogP) is 0.825. The fourth-order valence-electron chi connectivity index (χ4n) is 8.53. The Morgan fingerprint density at radius 3 is 2.26 bits per heavy atom. The van der Waals surface area contributed by atoms with Crippen LogP contribution in [0.5, 0.6) is 0 Å². The molecule has 4 rings (SSSR count). The summed E-state index contributed by atoms with van der Waals surface area (Å²) in [5, 5.41) is 76.1. The largest absolute Gasteiger partial charge is 0.390 e. The Labute approximate surface area is 207 Å². The zero-order valence-electron chi connectivity index (χ0n) is 21.6. The molecule has 3 fully saturated rings. The Bertz CT molecular complexity index is 892. The fourth-order valence-corrected chi connectivity index (χ4v) is 8.53. The van der Waals surface area contributed by atoms with Crippen LogP contribution in [0, 0.1) is 28.6 Å². The first-order valence-corrected chi connectivity index (χ1v) is 13.0. The first-order chi connectivity index (χ1) is 15.9. The van der Waals surface area contributed by atoms with Crippen molar-refractivity contribution < 1.29 is 40.5 Å². The minimum Gasteiger partial charge on any atom is -0.390 e. The smallest absolute Gasteiger partial charge is 0.159 e. The SMILES string of the molecule is CC(C)(O)C[C@H](O)[C@@H](O)[C@](C)(O)[C@H]1CC[C@@]2(O)C3=CC(=O)[C@@H]4C[C@@H](O)[C@@H](O)C[C@]4(C)[C@H]3CC[C@]12C. The molecule has 0 unspecified atom stereocenters. The molecule has 0 amide bonds. The second-order valence-corrected chi connectivity index (χ2v) is 13.3. The number of carbonyl (C=O) groups is 1. The summed E-state index contributed by atoms with van der Waals surface area (Å²) in [5.74, 6) is -1.26. The molecule has 0 saturated heterocycles. The molecule has 200 valence electrons. The third-order valence-electron chi connectivity index (χ3n) is 10.5. The number of ketones is 1. The lowest BCUT2D eigenvalue weighted by molar-refractivity contribution is -0.194. The number of aliphatic hydroxyl groups excluding tert-OH is 4. The number of rotatable bonds is 5. The zero-order chi connectivity index (χ0) is 26.4. The van der Waals surface area contributed by atoms with Gasteiger partial charge in [0.25, 0.3) is 0 Å². The lowest BCUT2D eigenvalue weighted by Gasteiger charge is -2.60. The predicted molar refractivity (Wildman–Crippen MR) is 128 cm³/mol. The standard InChI is InChI=1S/C27H44O8/c1-23(2,33)12-20(31)22(32)26(5,34)21-7-9-27(35)15-10-17(28)16-11-18(29)19(30)13-24(16,3)14(15)6-8-25(21,27)4/h10,14,16,18-22,29-35H,6-9,11-13H2,1-5H3/t14-,16-,18+,19-,20-,21-,22+,24+,25+,26+,27+/m0/s1. The molecule has 0 aliphatic heterocycles. The van der Waals surface area contributed by atoms with Gasteiger partial charge < -0.3 is 35.7 Å². The van der Waals surface area contributed by atoms with Crippen LogP contribution in [0.1, 0.15) is 79.6 Å². The minimum absolute atomic E-state index is 0.117. The molecule has 11 atom stereocenters. The molecule has 35 heavy (non-hydrogen) atoms. The van der Waals surface area contributed by atoms with Crippen LogP contribution >= 0.6 is 0 Å². The molecule has 0 bridgehead atoms. The first kappa shape index (κ1) is 27.2. The van der Waals surface area contributed by atoms with Crippen molar-refractivity contribution in [1.82, 2.24) is 0 Å². The zero-order valence-corrected chi connectivity index (χ0v) is 21.6. The summed E-state index contributed by atoms with van der Waals surface area (Å²) in [6.45, 7) is 8.40. The minimum atomic E-state index is -1.74. The van der Waals surface area contributed by atoms with E-state index in [0.717, 1.165) is 0 Å². The molecule has 4 aliphatic carbocycles. The third-order valence-corrected chi connectivity index (χ3v) is 10.5. The maximum Gasteiger partial charge on any atom is 0.159 e. The lowest BCUT2D eigenvalue weighted by atomic mass is 9.45. The Morgan fingerprint density at radius 1 is 1.03 bits per heavy atom. The van der Waals surface area contributed by atoms with Gasteiger partial charge in [0.2, 0.25) is 0 Å². The molecule has 0 aromatic rings. The van der Waals surface area contributed by atoms with Crippen LogP contribution in [0.3, 0.4) is 0 Å². The van der Waals surface area contributed by atoms with Crippen LogP contribution in [0.2, 0.25) is 0 Å². The van der Waals surface area contributed by atoms with Crippen molar-refractivity contribution in [3.05, 3.63) is 11.6 Å². The highest BCUT2D eigenvalue weighted by molar-refractivity contribution is 5.95. The second-order valence-electron chi connectivity index (χ2n) is 13.3. The van der Waals surface area contributed by atoms with E-state index in [1.165, 1.54) is 20.8 Å². The Hall–Kier alpha value is -0.870. The number of allylic oxidation sites excluding steroid dienone is 1. The van der Waals surface area contributed by atoms with Crippen LogP contribution in [0.4, 0.5) is 0 Å². The summed E-state index contributed by atoms with van der Waals surface area (Å²) in [4.78, 5) is 13.3. The van der Waals surface area contributed by atoms with E-state index in [-0.39, 0.29) is 31.0 Å². The highest BCUT2D eigenvalue weighted by atomic mass is 16.4. The summed E-state index contributed by atoms with van der Waals surface area (Å²) in [6.07, 6.45) is -0.952. The van der Waals surface area contributed by atoms with Crippen molar-refractivity contribution in [3.63, 3.8) is 0 Å². The monoisotopic (exact) mass is 496 g/mol. The topological polar surface area (TPSA) is 159 Å². The molecule has 8 nitrogen and oxygen atoms in total. The Morgan fingerprint density at radius 2 is 1.66 bits per heavy atom. The maximum atomic E-state index is 13.3. The molecule has 4 aliphatic rings. The number of fused-ring (bicyclic) bond motifs is 5. The van der Waals surface area contributed by atoms with E-state index in [2.05, 4.69) is 0 Å². The van der Waals surface area contributed by atoms with E-state index in [1.54, 1.807) is 6.08 Å². The van der Waals surface area contributed by atoms with Crippen LogP contribution in [-0.2, 0) is 4.79 Å². The van der Waals surface area contributed by atoms with Gasteiger partial charge in [0, 0.05) is 17.8 Å². The molecule has 3 saturated carbocycles. The average molecular weight is 497 g/mol. The lowest BCUT2D eigenvalue weighted by Crippen LogP contribution is -2.63. The van der Waals surface area contributed by atoms with Crippen molar-refractivity contribution in [3.8, 4) is 0 Å². The van der Waals surface area contributed by atoms with Crippen molar-refractivity contribution in [2.45, 2.75) is 121 Å². The van der Waals surface area contributed by atoms with E-state index in [1.807, 2.05) is 13.8 Å². The van der Waals surface area contributed by atoms with Crippen molar-refractivity contribution in [2.75, 3.05) is 0 Å². The molecule has 0 spiro atoms. The normalized spacial score (nSPS) is 47.1. The molecule has 0 heterocycles. The highest BCUT2D eigenvalue weighted by Crippen LogP contribution is 2.68. The van der Waals surface area contributed by atoms with Gasteiger partial charge in [-0.05, 0) is 88.2 Å². The third kappa shape index (κ3) is 3.95. The van der Waals surface area contributed by atoms with Gasteiger partial charge in [-0.3, -0.25) is 4.79 Å². The summed E-state index contributed by atoms with van der Waals surface area (Å²) in [6, 6.07) is 0. The molecule has 0 aromatic carbocycles. The molecule has 0 radical (unpaired) electrons. The summed E-state index contributed by atoms with van der Waals surface area (Å²) >= 11 is 0. The molecular formula is C27H44O8. The fraction of sp³-hybridized carbons (Fsp3) is 0.889. The summed E-state index contributed by atoms with van der Waals surface area (Å²) in [7, 11) is 0.